The Morgan fingerprint density at radius 3 is 1.55 bits per heavy atom. The lowest BCUT2D eigenvalue weighted by Gasteiger charge is -2.13. The minimum Gasteiger partial charge on any atom is -0.251 e. The normalized spacial score (nSPS) is 12.7. The molecule has 0 spiro atoms. The molecule has 0 atom stereocenters. The van der Waals surface area contributed by atoms with Gasteiger partial charge in [-0.25, -0.2) is 0 Å². The molecular weight excluding hydrogens is 460 g/mol. The van der Waals surface area contributed by atoms with Gasteiger partial charge in [0.05, 0.1) is 22.8 Å². The predicted octanol–water partition coefficient (Wildman–Crippen LogP) is 11.5. The Balaban J connectivity index is 2.35. The number of hydrogen-bond donors (Lipinski definition) is 0. The summed E-state index contributed by atoms with van der Waals surface area (Å²) in [5.41, 5.74) is 7.16. The van der Waals surface area contributed by atoms with E-state index in [1.807, 2.05) is 0 Å². The van der Waals surface area contributed by atoms with Gasteiger partial charge in [-0.2, -0.15) is 0 Å². The summed E-state index contributed by atoms with van der Waals surface area (Å²) in [6.45, 7) is 8.95. The third-order valence-corrected chi connectivity index (χ3v) is 6.83. The zero-order valence-corrected chi connectivity index (χ0v) is 24.7. The minimum atomic E-state index is 0.888. The third-order valence-electron chi connectivity index (χ3n) is 6.83. The maximum absolute atomic E-state index is 5.31. The van der Waals surface area contributed by atoms with E-state index in [4.69, 9.17) is 9.98 Å². The molecule has 2 aromatic rings. The Kier molecular flexibility index (Phi) is 16.8. The molecule has 0 amide bonds. The Labute approximate surface area is 234 Å². The molecule has 2 rings (SSSR count). The van der Waals surface area contributed by atoms with Crippen molar-refractivity contribution in [3.8, 4) is 0 Å². The van der Waals surface area contributed by atoms with Crippen molar-refractivity contribution >= 4 is 22.8 Å². The van der Waals surface area contributed by atoms with E-state index >= 15 is 0 Å². The highest BCUT2D eigenvalue weighted by atomic mass is 14.8. The zero-order chi connectivity index (χ0) is 27.3. The molecule has 0 fully saturated rings. The summed E-state index contributed by atoms with van der Waals surface area (Å²) in [6, 6.07) is 17.3. The van der Waals surface area contributed by atoms with E-state index in [1.165, 1.54) is 43.2 Å². The summed E-state index contributed by atoms with van der Waals surface area (Å²) in [5, 5.41) is 0. The number of rotatable bonds is 19. The molecule has 0 radical (unpaired) electrons. The fraction of sp³-hybridized carbons (Fsp3) is 0.500. The van der Waals surface area contributed by atoms with E-state index in [-0.39, 0.29) is 0 Å². The average Bonchev–Trinajstić information content (AvgIpc) is 2.94. The van der Waals surface area contributed by atoms with Crippen LogP contribution in [0.4, 0.5) is 11.4 Å². The second-order valence-corrected chi connectivity index (χ2v) is 10.1. The van der Waals surface area contributed by atoms with Gasteiger partial charge >= 0.3 is 0 Å². The first-order valence-corrected chi connectivity index (χ1v) is 15.3. The van der Waals surface area contributed by atoms with Crippen LogP contribution in [0, 0.1) is 0 Å². The molecule has 206 valence electrons. The highest BCUT2D eigenvalue weighted by Gasteiger charge is 2.11. The van der Waals surface area contributed by atoms with Gasteiger partial charge in [-0.3, -0.25) is 9.98 Å². The number of unbranched alkanes of at least 4 members (excludes halogenated alkanes) is 5. The van der Waals surface area contributed by atoms with Gasteiger partial charge in [-0.05, 0) is 81.0 Å². The summed E-state index contributed by atoms with van der Waals surface area (Å²) in [5.74, 6) is 0. The van der Waals surface area contributed by atoms with Crippen molar-refractivity contribution in [1.29, 1.82) is 0 Å². The smallest absolute Gasteiger partial charge is 0.0665 e. The van der Waals surface area contributed by atoms with Crippen LogP contribution in [0.5, 0.6) is 0 Å². The standard InChI is InChI=1S/C36H52N2/c1-5-9-12-15-17-24-31-26-20-22-28-34(31)37-33(8-4)36(30-19-14-11-7-3)38-35-29-23-21-27-32(35)25-18-16-13-10-6-2/h12-13,15-16,20-23,26-29H,5-11,14,17-19,24-25,30H2,1-4H3. The van der Waals surface area contributed by atoms with Crippen molar-refractivity contribution in [2.75, 3.05) is 0 Å². The number of hydrogen-bond acceptors (Lipinski definition) is 2. The van der Waals surface area contributed by atoms with E-state index in [0.717, 1.165) is 80.6 Å². The molecular formula is C36H52N2. The van der Waals surface area contributed by atoms with Crippen molar-refractivity contribution in [3.63, 3.8) is 0 Å². The van der Waals surface area contributed by atoms with Crippen LogP contribution in [0.2, 0.25) is 0 Å². The summed E-state index contributed by atoms with van der Waals surface area (Å²) < 4.78 is 0. The van der Waals surface area contributed by atoms with E-state index in [9.17, 15) is 0 Å². The van der Waals surface area contributed by atoms with Gasteiger partial charge in [0.1, 0.15) is 0 Å². The first kappa shape index (κ1) is 31.5. The molecule has 2 heteroatoms. The number of aliphatic imine (C=N–C) groups is 2. The molecule has 0 heterocycles. The van der Waals surface area contributed by atoms with Crippen LogP contribution in [0.1, 0.15) is 116 Å². The topological polar surface area (TPSA) is 24.7 Å². The lowest BCUT2D eigenvalue weighted by atomic mass is 10.0. The highest BCUT2D eigenvalue weighted by Crippen LogP contribution is 2.25. The lowest BCUT2D eigenvalue weighted by Crippen LogP contribution is -2.13. The van der Waals surface area contributed by atoms with E-state index in [0.29, 0.717) is 0 Å². The second kappa shape index (κ2) is 20.3. The van der Waals surface area contributed by atoms with Crippen LogP contribution >= 0.6 is 0 Å². The van der Waals surface area contributed by atoms with Crippen LogP contribution in [0.3, 0.4) is 0 Å². The molecule has 0 aliphatic heterocycles. The van der Waals surface area contributed by atoms with Gasteiger partial charge in [-0.1, -0.05) is 121 Å². The molecule has 0 bridgehead atoms. The third kappa shape index (κ3) is 12.2. The Morgan fingerprint density at radius 2 is 1.05 bits per heavy atom. The first-order chi connectivity index (χ1) is 18.7. The Bertz CT molecular complexity index is 1030. The Morgan fingerprint density at radius 1 is 0.553 bits per heavy atom. The summed E-state index contributed by atoms with van der Waals surface area (Å²) in [7, 11) is 0. The quantitative estimate of drug-likeness (QED) is 0.102. The van der Waals surface area contributed by atoms with Crippen molar-refractivity contribution in [2.45, 2.75) is 118 Å². The number of para-hydroxylation sites is 2. The first-order valence-electron chi connectivity index (χ1n) is 15.3. The second-order valence-electron chi connectivity index (χ2n) is 10.1. The molecule has 0 saturated heterocycles. The van der Waals surface area contributed by atoms with Crippen LogP contribution in [0.25, 0.3) is 0 Å². The van der Waals surface area contributed by atoms with Crippen LogP contribution in [-0.4, -0.2) is 11.4 Å². The molecule has 0 saturated carbocycles. The van der Waals surface area contributed by atoms with Crippen LogP contribution < -0.4 is 0 Å². The zero-order valence-electron chi connectivity index (χ0n) is 24.7. The summed E-state index contributed by atoms with van der Waals surface area (Å²) in [4.78, 5) is 10.6. The molecule has 0 aliphatic carbocycles. The largest absolute Gasteiger partial charge is 0.251 e. The van der Waals surface area contributed by atoms with Crippen molar-refractivity contribution in [1.82, 2.24) is 0 Å². The summed E-state index contributed by atoms with van der Waals surface area (Å²) >= 11 is 0. The maximum atomic E-state index is 5.31. The Hall–Kier alpha value is -2.74. The van der Waals surface area contributed by atoms with Gasteiger partial charge in [0.15, 0.2) is 0 Å². The fourth-order valence-electron chi connectivity index (χ4n) is 4.57. The van der Waals surface area contributed by atoms with Crippen LogP contribution in [0.15, 0.2) is 82.8 Å². The van der Waals surface area contributed by atoms with Gasteiger partial charge in [-0.15, -0.1) is 0 Å². The molecule has 2 aromatic carbocycles. The molecule has 0 aromatic heterocycles. The fourth-order valence-corrected chi connectivity index (χ4v) is 4.57. The number of aryl methyl sites for hydroxylation is 2. The summed E-state index contributed by atoms with van der Waals surface area (Å²) in [6.07, 6.45) is 25.0. The maximum Gasteiger partial charge on any atom is 0.0665 e. The molecule has 2 nitrogen and oxygen atoms in total. The lowest BCUT2D eigenvalue weighted by molar-refractivity contribution is 0.684. The molecule has 0 N–H and O–H groups in total. The predicted molar refractivity (Wildman–Crippen MR) is 171 cm³/mol. The van der Waals surface area contributed by atoms with E-state index in [1.54, 1.807) is 0 Å². The molecule has 0 unspecified atom stereocenters. The van der Waals surface area contributed by atoms with Crippen LogP contribution in [-0.2, 0) is 12.8 Å². The average molecular weight is 513 g/mol. The van der Waals surface area contributed by atoms with Crippen molar-refractivity contribution in [3.05, 3.63) is 84.0 Å². The monoisotopic (exact) mass is 512 g/mol. The van der Waals surface area contributed by atoms with Gasteiger partial charge in [0.25, 0.3) is 0 Å². The molecule has 0 aliphatic rings. The van der Waals surface area contributed by atoms with E-state index < -0.39 is 0 Å². The van der Waals surface area contributed by atoms with Gasteiger partial charge in [0.2, 0.25) is 0 Å². The highest BCUT2D eigenvalue weighted by molar-refractivity contribution is 6.43. The van der Waals surface area contributed by atoms with Crippen molar-refractivity contribution < 1.29 is 0 Å². The number of allylic oxidation sites excluding steroid dienone is 4. The number of benzene rings is 2. The van der Waals surface area contributed by atoms with Crippen molar-refractivity contribution in [2.24, 2.45) is 9.98 Å². The minimum absolute atomic E-state index is 0.888. The SMILES string of the molecule is CCCC=CCCc1ccccc1N=C(CC)C(CCCCCC)=Nc1ccccc1CCC=CCCC. The van der Waals surface area contributed by atoms with E-state index in [2.05, 4.69) is 101 Å². The van der Waals surface area contributed by atoms with Gasteiger partial charge in [0, 0.05) is 0 Å². The molecule has 38 heavy (non-hydrogen) atoms. The van der Waals surface area contributed by atoms with Gasteiger partial charge < -0.3 is 0 Å². The number of nitrogens with zero attached hydrogens (tertiary/aromatic N) is 2.